The van der Waals surface area contributed by atoms with Crippen LogP contribution in [-0.4, -0.2) is 37.0 Å². The van der Waals surface area contributed by atoms with Crippen LogP contribution in [-0.2, 0) is 14.3 Å². The van der Waals surface area contributed by atoms with Gasteiger partial charge in [0.2, 0.25) is 0 Å². The van der Waals surface area contributed by atoms with E-state index >= 15 is 0 Å². The summed E-state index contributed by atoms with van der Waals surface area (Å²) >= 11 is 0. The van der Waals surface area contributed by atoms with Crippen LogP contribution in [0.5, 0.6) is 0 Å². The molecular weight excluding hydrogens is 352 g/mol. The average Bonchev–Trinajstić information content (AvgIpc) is 3.01. The lowest BCUT2D eigenvalue weighted by Crippen LogP contribution is -2.62. The molecule has 4 heteroatoms. The molecule has 0 radical (unpaired) electrons. The number of hydrogen-bond donors (Lipinski definition) is 1. The fourth-order valence-electron chi connectivity index (χ4n) is 7.07. The Morgan fingerprint density at radius 1 is 1.29 bits per heavy atom. The maximum Gasteiger partial charge on any atom is 0.146 e. The Bertz CT molecular complexity index is 643. The predicted octanol–water partition coefficient (Wildman–Crippen LogP) is 4.53. The van der Waals surface area contributed by atoms with Gasteiger partial charge in [-0.05, 0) is 42.9 Å². The topological polar surface area (TPSA) is 55.8 Å². The molecule has 28 heavy (non-hydrogen) atoms. The van der Waals surface area contributed by atoms with Crippen LogP contribution in [0.15, 0.2) is 24.8 Å². The first-order valence-electron chi connectivity index (χ1n) is 10.8. The third kappa shape index (κ3) is 3.03. The molecule has 0 aliphatic heterocycles. The third-order valence-electron chi connectivity index (χ3n) is 8.80. The summed E-state index contributed by atoms with van der Waals surface area (Å²) < 4.78 is 11.6. The van der Waals surface area contributed by atoms with Gasteiger partial charge in [0.05, 0.1) is 12.2 Å². The lowest BCUT2D eigenvalue weighted by atomic mass is 9.44. The van der Waals surface area contributed by atoms with Crippen molar-refractivity contribution >= 4 is 5.78 Å². The van der Waals surface area contributed by atoms with Gasteiger partial charge in [0.1, 0.15) is 12.6 Å². The number of methoxy groups -OCH3 is 1. The minimum absolute atomic E-state index is 0.0877. The number of carbonyl (C=O) groups excluding carboxylic acids is 1. The van der Waals surface area contributed by atoms with Gasteiger partial charge in [-0.1, -0.05) is 52.5 Å². The Morgan fingerprint density at radius 2 is 2.00 bits per heavy atom. The standard InChI is InChI=1S/C24H38O4/c1-7-8-11-22(4)14-19(26)23(5)16(2)9-12-24(13-10-18(25)20(23)24)17(3)21(22)28-15-27-6/h7-8,11,16-17,19-21,26H,1,9-10,12-15H2,2-6H3/b11-8+/t16-,17+,19-,20?,21+,22-,23+,24?/m1/s1. The fraction of sp³-hybridized carbons (Fsp3) is 0.792. The zero-order chi connectivity index (χ0) is 20.7. The van der Waals surface area contributed by atoms with Crippen LogP contribution < -0.4 is 0 Å². The molecule has 3 aliphatic rings. The SMILES string of the molecule is C=C/C=C/[C@]1(C)C[C@@H](O)[C@@]2(C)C3C(=O)CCC3(CC[C@H]2C)[C@@H](C)[C@@H]1OCOC. The van der Waals surface area contributed by atoms with Crippen molar-refractivity contribution < 1.29 is 19.4 Å². The molecule has 158 valence electrons. The van der Waals surface area contributed by atoms with Gasteiger partial charge < -0.3 is 14.6 Å². The molecule has 3 rings (SSSR count). The largest absolute Gasteiger partial charge is 0.392 e. The molecule has 4 nitrogen and oxygen atoms in total. The second-order valence-corrected chi connectivity index (χ2v) is 10.0. The van der Waals surface area contributed by atoms with Crippen molar-refractivity contribution in [3.63, 3.8) is 0 Å². The van der Waals surface area contributed by atoms with Gasteiger partial charge in [-0.25, -0.2) is 0 Å². The van der Waals surface area contributed by atoms with Gasteiger partial charge in [-0.15, -0.1) is 0 Å². The van der Waals surface area contributed by atoms with Crippen molar-refractivity contribution in [2.45, 2.75) is 72.0 Å². The zero-order valence-corrected chi connectivity index (χ0v) is 18.2. The summed E-state index contributed by atoms with van der Waals surface area (Å²) in [5.41, 5.74) is -0.871. The Kier molecular flexibility index (Phi) is 5.97. The first kappa shape index (κ1) is 21.7. The summed E-state index contributed by atoms with van der Waals surface area (Å²) in [6.45, 7) is 12.9. The lowest BCUT2D eigenvalue weighted by Gasteiger charge is -2.62. The second-order valence-electron chi connectivity index (χ2n) is 10.0. The Balaban J connectivity index is 2.17. The van der Waals surface area contributed by atoms with Gasteiger partial charge >= 0.3 is 0 Å². The molecule has 0 heterocycles. The number of carbonyl (C=O) groups is 1. The molecule has 8 atom stereocenters. The Hall–Kier alpha value is -0.970. The Morgan fingerprint density at radius 3 is 2.64 bits per heavy atom. The number of allylic oxidation sites excluding steroid dienone is 2. The van der Waals surface area contributed by atoms with Gasteiger partial charge in [0.25, 0.3) is 0 Å². The average molecular weight is 391 g/mol. The van der Waals surface area contributed by atoms with E-state index in [-0.39, 0.29) is 35.6 Å². The van der Waals surface area contributed by atoms with E-state index in [0.29, 0.717) is 24.5 Å². The molecule has 0 amide bonds. The van der Waals surface area contributed by atoms with E-state index in [1.807, 2.05) is 6.08 Å². The number of ketones is 1. The molecule has 0 aromatic rings. The van der Waals surface area contributed by atoms with E-state index < -0.39 is 11.5 Å². The molecule has 1 N–H and O–H groups in total. The molecule has 2 bridgehead atoms. The molecule has 0 aromatic heterocycles. The molecule has 3 aliphatic carbocycles. The number of hydrogen-bond acceptors (Lipinski definition) is 4. The first-order chi connectivity index (χ1) is 13.2. The fourth-order valence-corrected chi connectivity index (χ4v) is 7.07. The number of aliphatic hydroxyl groups excluding tert-OH is 1. The first-order valence-corrected chi connectivity index (χ1v) is 10.8. The van der Waals surface area contributed by atoms with E-state index in [1.165, 1.54) is 0 Å². The van der Waals surface area contributed by atoms with Crippen LogP contribution in [0.25, 0.3) is 0 Å². The quantitative estimate of drug-likeness (QED) is 0.554. The molecular formula is C24H38O4. The van der Waals surface area contributed by atoms with E-state index in [0.717, 1.165) is 19.3 Å². The summed E-state index contributed by atoms with van der Waals surface area (Å²) in [5.74, 6) is 0.767. The molecule has 2 unspecified atom stereocenters. The molecule has 3 saturated carbocycles. The summed E-state index contributed by atoms with van der Waals surface area (Å²) in [4.78, 5) is 13.2. The highest BCUT2D eigenvalue weighted by Gasteiger charge is 2.67. The number of rotatable bonds is 5. The highest BCUT2D eigenvalue weighted by Crippen LogP contribution is 2.67. The van der Waals surface area contributed by atoms with Gasteiger partial charge in [0.15, 0.2) is 0 Å². The predicted molar refractivity (Wildman–Crippen MR) is 111 cm³/mol. The highest BCUT2D eigenvalue weighted by molar-refractivity contribution is 5.85. The van der Waals surface area contributed by atoms with Crippen LogP contribution in [0.4, 0.5) is 0 Å². The summed E-state index contributed by atoms with van der Waals surface area (Å²) in [7, 11) is 1.64. The number of Topliss-reactive ketones (excluding diaryl/α,β-unsaturated/α-hetero) is 1. The summed E-state index contributed by atoms with van der Waals surface area (Å²) in [5, 5.41) is 11.6. The molecule has 0 saturated heterocycles. The Labute approximate surface area is 170 Å². The van der Waals surface area contributed by atoms with Gasteiger partial charge in [-0.2, -0.15) is 0 Å². The second kappa shape index (κ2) is 7.70. The van der Waals surface area contributed by atoms with Crippen molar-refractivity contribution in [1.29, 1.82) is 0 Å². The van der Waals surface area contributed by atoms with Crippen molar-refractivity contribution in [1.82, 2.24) is 0 Å². The van der Waals surface area contributed by atoms with Crippen LogP contribution in [0.1, 0.15) is 59.8 Å². The summed E-state index contributed by atoms with van der Waals surface area (Å²) in [6.07, 6.45) is 9.36. The number of ether oxygens (including phenoxy) is 2. The number of aliphatic hydroxyl groups is 1. The minimum Gasteiger partial charge on any atom is -0.392 e. The van der Waals surface area contributed by atoms with Crippen LogP contribution in [0.3, 0.4) is 0 Å². The monoisotopic (exact) mass is 390 g/mol. The van der Waals surface area contributed by atoms with Gasteiger partial charge in [-0.3, -0.25) is 4.79 Å². The molecule has 0 aromatic carbocycles. The van der Waals surface area contributed by atoms with Crippen molar-refractivity contribution in [2.75, 3.05) is 13.9 Å². The maximum absolute atomic E-state index is 13.2. The normalized spacial score (nSPS) is 48.9. The van der Waals surface area contributed by atoms with Crippen molar-refractivity contribution in [3.8, 4) is 0 Å². The van der Waals surface area contributed by atoms with E-state index in [2.05, 4.69) is 40.3 Å². The van der Waals surface area contributed by atoms with E-state index in [4.69, 9.17) is 9.47 Å². The third-order valence-corrected chi connectivity index (χ3v) is 8.80. The minimum atomic E-state index is -0.560. The lowest BCUT2D eigenvalue weighted by molar-refractivity contribution is -0.214. The van der Waals surface area contributed by atoms with Crippen molar-refractivity contribution in [3.05, 3.63) is 24.8 Å². The van der Waals surface area contributed by atoms with Gasteiger partial charge in [0, 0.05) is 30.3 Å². The van der Waals surface area contributed by atoms with Crippen LogP contribution in [0, 0.1) is 34.0 Å². The van der Waals surface area contributed by atoms with Crippen molar-refractivity contribution in [2.24, 2.45) is 34.0 Å². The van der Waals surface area contributed by atoms with E-state index in [9.17, 15) is 9.90 Å². The molecule has 0 spiro atoms. The van der Waals surface area contributed by atoms with Crippen LogP contribution in [0.2, 0.25) is 0 Å². The smallest absolute Gasteiger partial charge is 0.146 e. The zero-order valence-electron chi connectivity index (χ0n) is 18.2. The highest BCUT2D eigenvalue weighted by atomic mass is 16.7. The van der Waals surface area contributed by atoms with Crippen LogP contribution >= 0.6 is 0 Å². The summed E-state index contributed by atoms with van der Waals surface area (Å²) in [6, 6.07) is 0. The van der Waals surface area contributed by atoms with E-state index in [1.54, 1.807) is 13.2 Å². The molecule has 3 fully saturated rings. The maximum atomic E-state index is 13.2.